The van der Waals surface area contributed by atoms with E-state index in [0.29, 0.717) is 0 Å². The van der Waals surface area contributed by atoms with Crippen molar-refractivity contribution in [1.29, 1.82) is 0 Å². The number of likely N-dealkylation sites (tertiary alicyclic amines) is 1. The summed E-state index contributed by atoms with van der Waals surface area (Å²) < 4.78 is 5.58. The minimum Gasteiger partial charge on any atom is -0.462 e. The van der Waals surface area contributed by atoms with Gasteiger partial charge >= 0.3 is 5.97 Å². The number of ether oxygens (including phenoxy) is 1. The zero-order chi connectivity index (χ0) is 16.2. The van der Waals surface area contributed by atoms with Gasteiger partial charge in [-0.3, -0.25) is 9.69 Å². The van der Waals surface area contributed by atoms with Crippen molar-refractivity contribution in [3.05, 3.63) is 71.8 Å². The molecule has 1 aliphatic heterocycles. The second kappa shape index (κ2) is 6.97. The molecule has 0 N–H and O–H groups in total. The van der Waals surface area contributed by atoms with Crippen molar-refractivity contribution in [2.75, 3.05) is 7.05 Å². The third-order valence-electron chi connectivity index (χ3n) is 4.66. The van der Waals surface area contributed by atoms with Gasteiger partial charge in [-0.05, 0) is 18.2 Å². The Kier molecular flexibility index (Phi) is 4.77. The summed E-state index contributed by atoms with van der Waals surface area (Å²) in [6.07, 6.45) is 1.63. The zero-order valence-electron chi connectivity index (χ0n) is 13.7. The largest absolute Gasteiger partial charge is 0.462 e. The molecule has 0 aliphatic carbocycles. The molecule has 2 unspecified atom stereocenters. The molecular weight excluding hydrogens is 286 g/mol. The Balaban J connectivity index is 1.91. The fraction of sp³-hybridized carbons (Fsp3) is 0.350. The number of nitrogens with zero attached hydrogens (tertiary/aromatic N) is 1. The van der Waals surface area contributed by atoms with E-state index in [1.165, 1.54) is 18.1 Å². The molecule has 2 aromatic rings. The molecule has 0 spiro atoms. The first-order valence-corrected chi connectivity index (χ1v) is 8.14. The predicted octanol–water partition coefficient (Wildman–Crippen LogP) is 4.13. The van der Waals surface area contributed by atoms with Gasteiger partial charge in [-0.1, -0.05) is 60.7 Å². The monoisotopic (exact) mass is 309 g/mol. The fourth-order valence-electron chi connectivity index (χ4n) is 3.57. The fourth-order valence-corrected chi connectivity index (χ4v) is 3.57. The highest BCUT2D eigenvalue weighted by molar-refractivity contribution is 5.66. The summed E-state index contributed by atoms with van der Waals surface area (Å²) in [7, 11) is 2.17. The van der Waals surface area contributed by atoms with E-state index in [0.717, 1.165) is 12.8 Å². The first-order valence-electron chi connectivity index (χ1n) is 8.14. The normalized spacial score (nSPS) is 25.0. The van der Waals surface area contributed by atoms with Crippen LogP contribution in [0.4, 0.5) is 0 Å². The lowest BCUT2D eigenvalue weighted by atomic mass is 9.86. The number of esters is 1. The molecule has 0 aromatic heterocycles. The summed E-state index contributed by atoms with van der Waals surface area (Å²) in [5.74, 6) is -0.196. The third-order valence-corrected chi connectivity index (χ3v) is 4.66. The molecular formula is C20H23NO2. The highest BCUT2D eigenvalue weighted by atomic mass is 16.5. The maximum atomic E-state index is 11.4. The van der Waals surface area contributed by atoms with Crippen LogP contribution in [0.3, 0.4) is 0 Å². The highest BCUT2D eigenvalue weighted by Crippen LogP contribution is 2.41. The summed E-state index contributed by atoms with van der Waals surface area (Å²) in [5, 5.41) is 0. The summed E-state index contributed by atoms with van der Waals surface area (Å²) in [4.78, 5) is 13.9. The second-order valence-electron chi connectivity index (χ2n) is 6.22. The number of hydrogen-bond donors (Lipinski definition) is 0. The second-order valence-corrected chi connectivity index (χ2v) is 6.22. The lowest BCUT2D eigenvalue weighted by Crippen LogP contribution is -2.40. The van der Waals surface area contributed by atoms with E-state index in [2.05, 4.69) is 60.5 Å². The summed E-state index contributed by atoms with van der Waals surface area (Å²) in [5.41, 5.74) is 2.54. The molecule has 3 nitrogen and oxygen atoms in total. The molecule has 1 heterocycles. The molecule has 1 fully saturated rings. The Bertz CT molecular complexity index is 592. The van der Waals surface area contributed by atoms with Gasteiger partial charge in [-0.25, -0.2) is 0 Å². The first kappa shape index (κ1) is 15.8. The van der Waals surface area contributed by atoms with E-state index in [1.54, 1.807) is 0 Å². The maximum absolute atomic E-state index is 11.4. The molecule has 0 radical (unpaired) electrons. The van der Waals surface area contributed by atoms with Crippen molar-refractivity contribution in [1.82, 2.24) is 4.90 Å². The van der Waals surface area contributed by atoms with Crippen molar-refractivity contribution in [2.45, 2.75) is 38.0 Å². The van der Waals surface area contributed by atoms with Crippen molar-refractivity contribution < 1.29 is 9.53 Å². The zero-order valence-corrected chi connectivity index (χ0v) is 13.7. The van der Waals surface area contributed by atoms with E-state index in [1.807, 2.05) is 12.1 Å². The minimum atomic E-state index is -0.196. The lowest BCUT2D eigenvalue weighted by Gasteiger charge is -2.43. The molecule has 23 heavy (non-hydrogen) atoms. The van der Waals surface area contributed by atoms with Crippen LogP contribution in [0.5, 0.6) is 0 Å². The van der Waals surface area contributed by atoms with Crippen LogP contribution in [-0.4, -0.2) is 24.0 Å². The van der Waals surface area contributed by atoms with Crippen molar-refractivity contribution >= 4 is 5.97 Å². The summed E-state index contributed by atoms with van der Waals surface area (Å²) in [6, 6.07) is 21.4. The first-order chi connectivity index (χ1) is 11.1. The standard InChI is InChI=1S/C20H23NO2/c1-15(22)23-18-13-19(16-9-5-3-6-10-16)21(2)20(14-18)17-11-7-4-8-12-17/h3-12,18-20H,13-14H2,1-2H3. The Morgan fingerprint density at radius 1 is 0.913 bits per heavy atom. The smallest absolute Gasteiger partial charge is 0.302 e. The molecule has 0 bridgehead atoms. The van der Waals surface area contributed by atoms with Crippen molar-refractivity contribution in [2.24, 2.45) is 0 Å². The third kappa shape index (κ3) is 3.62. The van der Waals surface area contributed by atoms with E-state index >= 15 is 0 Å². The van der Waals surface area contributed by atoms with Crippen molar-refractivity contribution in [3.8, 4) is 0 Å². The van der Waals surface area contributed by atoms with Crippen LogP contribution < -0.4 is 0 Å². The predicted molar refractivity (Wildman–Crippen MR) is 90.9 cm³/mol. The number of piperidine rings is 1. The molecule has 120 valence electrons. The highest BCUT2D eigenvalue weighted by Gasteiger charge is 2.36. The minimum absolute atomic E-state index is 0.0425. The Morgan fingerprint density at radius 2 is 1.35 bits per heavy atom. The molecule has 3 rings (SSSR count). The van der Waals surface area contributed by atoms with Gasteiger partial charge < -0.3 is 4.74 Å². The van der Waals surface area contributed by atoms with Gasteiger partial charge in [-0.15, -0.1) is 0 Å². The van der Waals surface area contributed by atoms with Crippen LogP contribution in [0.2, 0.25) is 0 Å². The van der Waals surface area contributed by atoms with Gasteiger partial charge in [0.15, 0.2) is 0 Å². The average molecular weight is 309 g/mol. The van der Waals surface area contributed by atoms with Gasteiger partial charge in [0.25, 0.3) is 0 Å². The van der Waals surface area contributed by atoms with Crippen LogP contribution in [0.1, 0.15) is 43.0 Å². The molecule has 2 aromatic carbocycles. The van der Waals surface area contributed by atoms with Crippen LogP contribution in [0.15, 0.2) is 60.7 Å². The Morgan fingerprint density at radius 3 is 1.74 bits per heavy atom. The van der Waals surface area contributed by atoms with E-state index in [9.17, 15) is 4.79 Å². The van der Waals surface area contributed by atoms with Gasteiger partial charge in [-0.2, -0.15) is 0 Å². The maximum Gasteiger partial charge on any atom is 0.302 e. The number of hydrogen-bond acceptors (Lipinski definition) is 3. The lowest BCUT2D eigenvalue weighted by molar-refractivity contribution is -0.151. The Labute approximate surface area is 137 Å². The molecule has 1 aliphatic rings. The summed E-state index contributed by atoms with van der Waals surface area (Å²) in [6.45, 7) is 1.49. The topological polar surface area (TPSA) is 29.5 Å². The van der Waals surface area contributed by atoms with Gasteiger partial charge in [0.1, 0.15) is 6.10 Å². The van der Waals surface area contributed by atoms with Crippen LogP contribution in [0.25, 0.3) is 0 Å². The van der Waals surface area contributed by atoms with E-state index in [4.69, 9.17) is 4.74 Å². The average Bonchev–Trinajstić information content (AvgIpc) is 2.57. The quantitative estimate of drug-likeness (QED) is 0.799. The van der Waals surface area contributed by atoms with E-state index in [-0.39, 0.29) is 24.2 Å². The van der Waals surface area contributed by atoms with Gasteiger partial charge in [0, 0.05) is 31.8 Å². The van der Waals surface area contributed by atoms with E-state index < -0.39 is 0 Å². The van der Waals surface area contributed by atoms with Crippen LogP contribution in [0, 0.1) is 0 Å². The SMILES string of the molecule is CC(=O)OC1CC(c2ccccc2)N(C)C(c2ccccc2)C1. The molecule has 2 atom stereocenters. The van der Waals surface area contributed by atoms with Crippen LogP contribution >= 0.6 is 0 Å². The molecule has 0 saturated carbocycles. The number of benzene rings is 2. The van der Waals surface area contributed by atoms with Crippen LogP contribution in [-0.2, 0) is 9.53 Å². The molecule has 0 amide bonds. The van der Waals surface area contributed by atoms with Gasteiger partial charge in [0.2, 0.25) is 0 Å². The number of carbonyl (C=O) groups is 1. The Hall–Kier alpha value is -2.13. The molecule has 3 heteroatoms. The van der Waals surface area contributed by atoms with Crippen molar-refractivity contribution in [3.63, 3.8) is 0 Å². The number of rotatable bonds is 3. The summed E-state index contributed by atoms with van der Waals surface area (Å²) >= 11 is 0. The van der Waals surface area contributed by atoms with Gasteiger partial charge in [0.05, 0.1) is 0 Å². The number of carbonyl (C=O) groups excluding carboxylic acids is 1. The molecule has 1 saturated heterocycles.